The van der Waals surface area contributed by atoms with Crippen molar-refractivity contribution in [3.63, 3.8) is 0 Å². The van der Waals surface area contributed by atoms with E-state index in [1.807, 2.05) is 30.5 Å². The Morgan fingerprint density at radius 1 is 1.41 bits per heavy atom. The second-order valence-electron chi connectivity index (χ2n) is 4.85. The fourth-order valence-electron chi connectivity index (χ4n) is 2.15. The minimum Gasteiger partial charge on any atom is -0.346 e. The summed E-state index contributed by atoms with van der Waals surface area (Å²) < 4.78 is 2.00. The highest BCUT2D eigenvalue weighted by Gasteiger charge is 2.13. The average Bonchev–Trinajstić information content (AvgIpc) is 3.00. The summed E-state index contributed by atoms with van der Waals surface area (Å²) in [4.78, 5) is 28.5. The number of aromatic nitrogens is 3. The van der Waals surface area contributed by atoms with Crippen LogP contribution in [0.3, 0.4) is 0 Å². The molecule has 6 nitrogen and oxygen atoms in total. The van der Waals surface area contributed by atoms with Gasteiger partial charge in [0.2, 0.25) is 5.91 Å². The Kier molecular flexibility index (Phi) is 3.97. The van der Waals surface area contributed by atoms with Crippen molar-refractivity contribution in [3.05, 3.63) is 58.1 Å². The molecule has 1 amide bonds. The number of fused-ring (bicyclic) bond motifs is 1. The maximum atomic E-state index is 12.2. The van der Waals surface area contributed by atoms with Gasteiger partial charge in [0.05, 0.1) is 28.0 Å². The van der Waals surface area contributed by atoms with Crippen LogP contribution in [0.2, 0.25) is 0 Å². The zero-order valence-corrected chi connectivity index (χ0v) is 12.7. The lowest BCUT2D eigenvalue weighted by atomic mass is 10.2. The van der Waals surface area contributed by atoms with Gasteiger partial charge < -0.3 is 5.32 Å². The molecule has 0 fully saturated rings. The molecule has 7 heteroatoms. The number of carbonyl (C=O) groups is 1. The number of thiophene rings is 1. The van der Waals surface area contributed by atoms with E-state index in [0.29, 0.717) is 5.39 Å². The first-order valence-corrected chi connectivity index (χ1v) is 7.67. The number of nitrogens with one attached hydrogen (secondary N) is 1. The molecule has 0 spiro atoms. The Balaban J connectivity index is 1.73. The molecule has 0 radical (unpaired) electrons. The van der Waals surface area contributed by atoms with Crippen LogP contribution in [0.1, 0.15) is 18.7 Å². The summed E-state index contributed by atoms with van der Waals surface area (Å²) in [7, 11) is 0. The van der Waals surface area contributed by atoms with E-state index in [9.17, 15) is 9.59 Å². The third-order valence-corrected chi connectivity index (χ3v) is 4.13. The molecule has 0 aliphatic heterocycles. The highest BCUT2D eigenvalue weighted by molar-refractivity contribution is 7.17. The molecule has 3 aromatic rings. The topological polar surface area (TPSA) is 76.9 Å². The van der Waals surface area contributed by atoms with Crippen molar-refractivity contribution in [2.45, 2.75) is 19.5 Å². The van der Waals surface area contributed by atoms with Gasteiger partial charge in [-0.15, -0.1) is 11.3 Å². The van der Waals surface area contributed by atoms with Crippen molar-refractivity contribution in [2.24, 2.45) is 0 Å². The molecule has 0 aromatic carbocycles. The maximum Gasteiger partial charge on any atom is 0.275 e. The second kappa shape index (κ2) is 6.07. The summed E-state index contributed by atoms with van der Waals surface area (Å²) in [6, 6.07) is 7.04. The van der Waals surface area contributed by atoms with Crippen LogP contribution in [0.5, 0.6) is 0 Å². The predicted octanol–water partition coefficient (Wildman–Crippen LogP) is 1.73. The Hall–Kier alpha value is -2.54. The molecule has 0 bridgehead atoms. The van der Waals surface area contributed by atoms with Gasteiger partial charge in [0.25, 0.3) is 5.56 Å². The summed E-state index contributed by atoms with van der Waals surface area (Å²) in [5.41, 5.74) is 0.517. The van der Waals surface area contributed by atoms with Gasteiger partial charge in [-0.1, -0.05) is 6.07 Å². The number of hydrogen-bond acceptors (Lipinski definition) is 5. The zero-order chi connectivity index (χ0) is 15.5. The zero-order valence-electron chi connectivity index (χ0n) is 11.9. The fraction of sp³-hybridized carbons (Fsp3) is 0.200. The van der Waals surface area contributed by atoms with Crippen LogP contribution in [0.15, 0.2) is 46.8 Å². The number of pyridine rings is 1. The smallest absolute Gasteiger partial charge is 0.275 e. The lowest BCUT2D eigenvalue weighted by Crippen LogP contribution is -2.35. The quantitative estimate of drug-likeness (QED) is 0.795. The van der Waals surface area contributed by atoms with Gasteiger partial charge in [-0.05, 0) is 30.5 Å². The number of carbonyl (C=O) groups excluding carboxylic acids is 1. The van der Waals surface area contributed by atoms with E-state index in [1.54, 1.807) is 18.5 Å². The Bertz CT molecular complexity index is 857. The van der Waals surface area contributed by atoms with E-state index in [4.69, 9.17) is 0 Å². The van der Waals surface area contributed by atoms with Crippen LogP contribution < -0.4 is 10.9 Å². The monoisotopic (exact) mass is 314 g/mol. The van der Waals surface area contributed by atoms with E-state index >= 15 is 0 Å². The van der Waals surface area contributed by atoms with Gasteiger partial charge in [-0.3, -0.25) is 14.6 Å². The van der Waals surface area contributed by atoms with E-state index in [0.717, 1.165) is 10.4 Å². The summed E-state index contributed by atoms with van der Waals surface area (Å²) in [5.74, 6) is -0.276. The van der Waals surface area contributed by atoms with Crippen molar-refractivity contribution in [1.82, 2.24) is 20.1 Å². The molecule has 112 valence electrons. The van der Waals surface area contributed by atoms with Crippen molar-refractivity contribution in [2.75, 3.05) is 0 Å². The molecule has 0 saturated heterocycles. The second-order valence-corrected chi connectivity index (χ2v) is 5.80. The van der Waals surface area contributed by atoms with Crippen molar-refractivity contribution >= 4 is 27.3 Å². The molecule has 0 aliphatic carbocycles. The molecular weight excluding hydrogens is 300 g/mol. The van der Waals surface area contributed by atoms with E-state index in [1.165, 1.54) is 16.0 Å². The Morgan fingerprint density at radius 3 is 3.05 bits per heavy atom. The fourth-order valence-corrected chi connectivity index (χ4v) is 2.89. The number of hydrogen-bond donors (Lipinski definition) is 1. The Labute approximate surface area is 130 Å². The van der Waals surface area contributed by atoms with Gasteiger partial charge in [-0.2, -0.15) is 5.10 Å². The van der Waals surface area contributed by atoms with E-state index in [2.05, 4.69) is 15.4 Å². The summed E-state index contributed by atoms with van der Waals surface area (Å²) >= 11 is 1.45. The third kappa shape index (κ3) is 2.89. The first-order valence-electron chi connectivity index (χ1n) is 6.79. The molecule has 0 unspecified atom stereocenters. The highest BCUT2D eigenvalue weighted by Crippen LogP contribution is 2.15. The first-order chi connectivity index (χ1) is 10.6. The van der Waals surface area contributed by atoms with Crippen LogP contribution in [0.25, 0.3) is 10.1 Å². The maximum absolute atomic E-state index is 12.2. The molecule has 1 atom stereocenters. The Morgan fingerprint density at radius 2 is 2.27 bits per heavy atom. The molecule has 0 aliphatic rings. The number of nitrogens with zero attached hydrogens (tertiary/aromatic N) is 3. The first kappa shape index (κ1) is 14.4. The van der Waals surface area contributed by atoms with Gasteiger partial charge in [0, 0.05) is 6.20 Å². The van der Waals surface area contributed by atoms with Gasteiger partial charge in [-0.25, -0.2) is 4.68 Å². The van der Waals surface area contributed by atoms with Crippen molar-refractivity contribution < 1.29 is 4.79 Å². The summed E-state index contributed by atoms with van der Waals surface area (Å²) in [6.45, 7) is 1.74. The largest absolute Gasteiger partial charge is 0.346 e. The lowest BCUT2D eigenvalue weighted by molar-refractivity contribution is -0.122. The number of amides is 1. The van der Waals surface area contributed by atoms with Crippen LogP contribution in [0, 0.1) is 0 Å². The number of rotatable bonds is 4. The standard InChI is InChI=1S/C15H14N4O2S/c1-10(12-4-2-3-6-16-12)18-14(20)9-19-15(21)11-5-7-22-13(11)8-17-19/h2-8,10H,9H2,1H3,(H,18,20)/t10-/m0/s1. The molecule has 3 heterocycles. The van der Waals surface area contributed by atoms with Crippen molar-refractivity contribution in [3.8, 4) is 0 Å². The normalized spacial score (nSPS) is 12.2. The van der Waals surface area contributed by atoms with E-state index in [-0.39, 0.29) is 24.1 Å². The SMILES string of the molecule is C[C@H](NC(=O)Cn1ncc2sccc2c1=O)c1ccccn1. The summed E-state index contributed by atoms with van der Waals surface area (Å²) in [5, 5.41) is 9.28. The van der Waals surface area contributed by atoms with Crippen LogP contribution in [0.4, 0.5) is 0 Å². The van der Waals surface area contributed by atoms with Crippen LogP contribution in [-0.4, -0.2) is 20.7 Å². The molecule has 22 heavy (non-hydrogen) atoms. The van der Waals surface area contributed by atoms with Crippen molar-refractivity contribution in [1.29, 1.82) is 0 Å². The lowest BCUT2D eigenvalue weighted by Gasteiger charge is -2.13. The van der Waals surface area contributed by atoms with Crippen LogP contribution in [-0.2, 0) is 11.3 Å². The van der Waals surface area contributed by atoms with Gasteiger partial charge in [0.15, 0.2) is 0 Å². The van der Waals surface area contributed by atoms with E-state index < -0.39 is 0 Å². The molecular formula is C15H14N4O2S. The molecule has 1 N–H and O–H groups in total. The van der Waals surface area contributed by atoms with Crippen LogP contribution >= 0.6 is 11.3 Å². The predicted molar refractivity (Wildman–Crippen MR) is 84.7 cm³/mol. The summed E-state index contributed by atoms with van der Waals surface area (Å²) in [6.07, 6.45) is 3.28. The minimum absolute atomic E-state index is 0.109. The highest BCUT2D eigenvalue weighted by atomic mass is 32.1. The third-order valence-electron chi connectivity index (χ3n) is 3.28. The minimum atomic E-state index is -0.276. The average molecular weight is 314 g/mol. The van der Waals surface area contributed by atoms with Gasteiger partial charge >= 0.3 is 0 Å². The van der Waals surface area contributed by atoms with Gasteiger partial charge in [0.1, 0.15) is 6.54 Å². The molecule has 0 saturated carbocycles. The molecule has 3 rings (SSSR count). The molecule has 3 aromatic heterocycles.